The van der Waals surface area contributed by atoms with E-state index >= 15 is 0 Å². The summed E-state index contributed by atoms with van der Waals surface area (Å²) in [5, 5.41) is 0.149. The summed E-state index contributed by atoms with van der Waals surface area (Å²) in [5.74, 6) is 0.138. The van der Waals surface area contributed by atoms with Gasteiger partial charge in [0.15, 0.2) is 16.6 Å². The minimum Gasteiger partial charge on any atom is -0.493 e. The fraction of sp³-hybridized carbons (Fsp3) is 0.179. The number of hydrogen-bond donors (Lipinski definition) is 0. The second-order valence-corrected chi connectivity index (χ2v) is 8.62. The van der Waals surface area contributed by atoms with Gasteiger partial charge in [0.2, 0.25) is 0 Å². The Morgan fingerprint density at radius 2 is 1.57 bits per heavy atom. The van der Waals surface area contributed by atoms with E-state index < -0.39 is 11.8 Å². The van der Waals surface area contributed by atoms with E-state index in [0.717, 1.165) is 16.7 Å². The van der Waals surface area contributed by atoms with Gasteiger partial charge in [-0.3, -0.25) is 19.4 Å². The minimum atomic E-state index is -0.474. The zero-order valence-electron chi connectivity index (χ0n) is 20.1. The number of anilines is 1. The largest absolute Gasteiger partial charge is 0.493 e. The van der Waals surface area contributed by atoms with Crippen LogP contribution >= 0.6 is 12.2 Å². The molecule has 0 saturated carbocycles. The highest BCUT2D eigenvalue weighted by Gasteiger charge is 2.40. The first-order chi connectivity index (χ1) is 16.8. The van der Waals surface area contributed by atoms with Gasteiger partial charge in [0, 0.05) is 0 Å². The molecule has 35 heavy (non-hydrogen) atoms. The summed E-state index contributed by atoms with van der Waals surface area (Å²) < 4.78 is 10.7. The van der Waals surface area contributed by atoms with Crippen molar-refractivity contribution in [1.29, 1.82) is 0 Å². The molecule has 4 rings (SSSR count). The second-order valence-electron chi connectivity index (χ2n) is 8.25. The second kappa shape index (κ2) is 10.1. The molecule has 6 nitrogen and oxygen atoms in total. The van der Waals surface area contributed by atoms with E-state index in [1.54, 1.807) is 43.5 Å². The van der Waals surface area contributed by atoms with Crippen molar-refractivity contribution in [3.8, 4) is 11.5 Å². The van der Waals surface area contributed by atoms with Crippen LogP contribution in [0.1, 0.15) is 22.3 Å². The molecule has 7 heteroatoms. The molecule has 0 bridgehead atoms. The Balaban J connectivity index is 1.81. The van der Waals surface area contributed by atoms with E-state index in [1.165, 1.54) is 16.9 Å². The van der Waals surface area contributed by atoms with E-state index in [-0.39, 0.29) is 17.2 Å². The maximum atomic E-state index is 13.7. The summed E-state index contributed by atoms with van der Waals surface area (Å²) in [6.45, 7) is 4.28. The molecule has 0 unspecified atom stereocenters. The van der Waals surface area contributed by atoms with E-state index in [9.17, 15) is 9.59 Å². The van der Waals surface area contributed by atoms with Gasteiger partial charge in [0.05, 0.1) is 26.5 Å². The number of thiocarbonyl (C=S) groups is 1. The van der Waals surface area contributed by atoms with Gasteiger partial charge < -0.3 is 9.47 Å². The monoisotopic (exact) mass is 486 g/mol. The molecule has 1 heterocycles. The van der Waals surface area contributed by atoms with E-state index in [4.69, 9.17) is 21.7 Å². The molecule has 3 aromatic carbocycles. The fourth-order valence-corrected chi connectivity index (χ4v) is 4.36. The number of para-hydroxylation sites is 1. The predicted molar refractivity (Wildman–Crippen MR) is 141 cm³/mol. The van der Waals surface area contributed by atoms with E-state index in [0.29, 0.717) is 22.7 Å². The topological polar surface area (TPSA) is 59.1 Å². The number of carbonyl (C=O) groups is 2. The number of ether oxygens (including phenoxy) is 2. The number of amides is 2. The highest BCUT2D eigenvalue weighted by Crippen LogP contribution is 2.31. The summed E-state index contributed by atoms with van der Waals surface area (Å²) in [5.41, 5.74) is 4.38. The number of methoxy groups -OCH3 is 2. The van der Waals surface area contributed by atoms with Crippen LogP contribution in [0, 0.1) is 13.8 Å². The van der Waals surface area contributed by atoms with Gasteiger partial charge in [-0.1, -0.05) is 48.0 Å². The van der Waals surface area contributed by atoms with E-state index in [1.807, 2.05) is 44.2 Å². The first-order valence-corrected chi connectivity index (χ1v) is 11.5. The molecule has 1 aliphatic rings. The van der Waals surface area contributed by atoms with Crippen molar-refractivity contribution in [2.24, 2.45) is 0 Å². The van der Waals surface area contributed by atoms with Crippen LogP contribution in [0.25, 0.3) is 6.08 Å². The summed E-state index contributed by atoms with van der Waals surface area (Å²) in [4.78, 5) is 30.1. The van der Waals surface area contributed by atoms with Gasteiger partial charge in [0.1, 0.15) is 5.57 Å². The summed E-state index contributed by atoms with van der Waals surface area (Å²) in [6, 6.07) is 20.4. The highest BCUT2D eigenvalue weighted by atomic mass is 32.1. The van der Waals surface area contributed by atoms with Crippen molar-refractivity contribution >= 4 is 40.9 Å². The normalized spacial score (nSPS) is 15.1. The lowest BCUT2D eigenvalue weighted by Gasteiger charge is -2.37. The molecule has 0 radical (unpaired) electrons. The number of benzene rings is 3. The van der Waals surface area contributed by atoms with Crippen LogP contribution < -0.4 is 14.4 Å². The van der Waals surface area contributed by atoms with Gasteiger partial charge in [-0.05, 0) is 73.1 Å². The molecular weight excluding hydrogens is 460 g/mol. The Labute approximate surface area is 210 Å². The van der Waals surface area contributed by atoms with Crippen molar-refractivity contribution < 1.29 is 19.1 Å². The lowest BCUT2D eigenvalue weighted by Crippen LogP contribution is -2.56. The van der Waals surface area contributed by atoms with Gasteiger partial charge >= 0.3 is 0 Å². The fourth-order valence-electron chi connectivity index (χ4n) is 4.02. The number of hydrogen-bond acceptors (Lipinski definition) is 5. The molecule has 0 spiro atoms. The maximum absolute atomic E-state index is 13.7. The minimum absolute atomic E-state index is 0.0134. The van der Waals surface area contributed by atoms with Gasteiger partial charge in [0.25, 0.3) is 11.8 Å². The molecule has 1 saturated heterocycles. The van der Waals surface area contributed by atoms with Crippen LogP contribution in [0.4, 0.5) is 5.69 Å². The Morgan fingerprint density at radius 1 is 0.857 bits per heavy atom. The van der Waals surface area contributed by atoms with Crippen molar-refractivity contribution in [3.63, 3.8) is 0 Å². The Kier molecular flexibility index (Phi) is 6.98. The van der Waals surface area contributed by atoms with Crippen LogP contribution in [0.5, 0.6) is 11.5 Å². The third kappa shape index (κ3) is 4.81. The molecule has 0 aliphatic carbocycles. The van der Waals surface area contributed by atoms with E-state index in [2.05, 4.69) is 6.07 Å². The molecule has 0 N–H and O–H groups in total. The van der Waals surface area contributed by atoms with Crippen molar-refractivity contribution in [3.05, 3.63) is 94.6 Å². The lowest BCUT2D eigenvalue weighted by molar-refractivity contribution is -0.128. The quantitative estimate of drug-likeness (QED) is 0.277. The number of carbonyl (C=O) groups excluding carboxylic acids is 2. The molecular formula is C28H26N2O4S. The SMILES string of the molecule is COc1ccc(/C=C2/C(=O)N(Cc3ccc(C)cc3C)C(=S)N(c3ccccc3)C2=O)cc1OC. The van der Waals surface area contributed by atoms with Gasteiger partial charge in [-0.2, -0.15) is 0 Å². The molecule has 3 aromatic rings. The van der Waals surface area contributed by atoms with Crippen LogP contribution in [0.3, 0.4) is 0 Å². The zero-order chi connectivity index (χ0) is 25.1. The maximum Gasteiger partial charge on any atom is 0.270 e. The molecule has 1 fully saturated rings. The third-order valence-corrected chi connectivity index (χ3v) is 6.29. The van der Waals surface area contributed by atoms with Crippen LogP contribution in [0.2, 0.25) is 0 Å². The lowest BCUT2D eigenvalue weighted by atomic mass is 10.0. The average molecular weight is 487 g/mol. The van der Waals surface area contributed by atoms with Gasteiger partial charge in [-0.25, -0.2) is 0 Å². The van der Waals surface area contributed by atoms with Crippen molar-refractivity contribution in [2.75, 3.05) is 19.1 Å². The first kappa shape index (κ1) is 24.2. The van der Waals surface area contributed by atoms with Crippen LogP contribution in [-0.2, 0) is 16.1 Å². The molecule has 0 atom stereocenters. The number of aryl methyl sites for hydroxylation is 2. The smallest absolute Gasteiger partial charge is 0.270 e. The highest BCUT2D eigenvalue weighted by molar-refractivity contribution is 7.80. The number of rotatable bonds is 6. The van der Waals surface area contributed by atoms with Crippen molar-refractivity contribution in [2.45, 2.75) is 20.4 Å². The zero-order valence-corrected chi connectivity index (χ0v) is 20.9. The van der Waals surface area contributed by atoms with Gasteiger partial charge in [-0.15, -0.1) is 0 Å². The molecule has 0 aromatic heterocycles. The Morgan fingerprint density at radius 3 is 2.23 bits per heavy atom. The first-order valence-electron chi connectivity index (χ1n) is 11.1. The summed E-state index contributed by atoms with van der Waals surface area (Å²) in [7, 11) is 3.08. The summed E-state index contributed by atoms with van der Waals surface area (Å²) in [6.07, 6.45) is 1.57. The van der Waals surface area contributed by atoms with Crippen LogP contribution in [0.15, 0.2) is 72.3 Å². The molecule has 2 amide bonds. The predicted octanol–water partition coefficient (Wildman–Crippen LogP) is 5.06. The number of nitrogens with zero attached hydrogens (tertiary/aromatic N) is 2. The van der Waals surface area contributed by atoms with Crippen LogP contribution in [-0.4, -0.2) is 36.0 Å². The van der Waals surface area contributed by atoms with Crippen molar-refractivity contribution in [1.82, 2.24) is 4.90 Å². The molecule has 1 aliphatic heterocycles. The Bertz CT molecular complexity index is 1330. The molecule has 178 valence electrons. The standard InChI is InChI=1S/C28H26N2O4S/c1-18-10-12-21(19(2)14-18)17-29-26(31)23(15-20-11-13-24(33-3)25(16-20)34-4)27(32)30(28(29)35)22-8-6-5-7-9-22/h5-16H,17H2,1-4H3/b23-15-. The third-order valence-electron chi connectivity index (χ3n) is 5.89. The average Bonchev–Trinajstić information content (AvgIpc) is 2.86. The summed E-state index contributed by atoms with van der Waals surface area (Å²) >= 11 is 5.69. The Hall–Kier alpha value is -3.97.